The lowest BCUT2D eigenvalue weighted by atomic mass is 10.1. The summed E-state index contributed by atoms with van der Waals surface area (Å²) in [6.45, 7) is 5.10. The van der Waals surface area contributed by atoms with Gasteiger partial charge < -0.3 is 27.9 Å². The Kier molecular flexibility index (Phi) is 26.9. The molecule has 0 rings (SSSR count). The number of phosphoric acid groups is 1. The van der Waals surface area contributed by atoms with E-state index in [2.05, 4.69) is 31.2 Å². The van der Waals surface area contributed by atoms with Crippen LogP contribution in [0.1, 0.15) is 123 Å². The molecule has 248 valence electrons. The summed E-state index contributed by atoms with van der Waals surface area (Å²) >= 11 is 0. The number of ether oxygens (including phenoxy) is 2. The number of allylic oxidation sites excluding steroid dienone is 4. The molecule has 0 aromatic rings. The normalized spacial score (nSPS) is 14.5. The molecule has 0 radical (unpaired) electrons. The van der Waals surface area contributed by atoms with Crippen LogP contribution in [0.2, 0.25) is 0 Å². The van der Waals surface area contributed by atoms with E-state index in [-0.39, 0.29) is 32.2 Å². The molecule has 8 nitrogen and oxygen atoms in total. The van der Waals surface area contributed by atoms with Crippen molar-refractivity contribution in [2.24, 2.45) is 0 Å². The molecule has 0 saturated carbocycles. The van der Waals surface area contributed by atoms with Gasteiger partial charge in [-0.2, -0.15) is 0 Å². The van der Waals surface area contributed by atoms with E-state index in [0.29, 0.717) is 17.6 Å². The van der Waals surface area contributed by atoms with Crippen LogP contribution < -0.4 is 4.89 Å². The average molecular weight is 618 g/mol. The minimum Gasteiger partial charge on any atom is -0.756 e. The molecule has 2 unspecified atom stereocenters. The molecule has 0 aromatic carbocycles. The topological polar surface area (TPSA) is 94.1 Å². The highest BCUT2D eigenvalue weighted by Crippen LogP contribution is 2.38. The van der Waals surface area contributed by atoms with Gasteiger partial charge in [0.2, 0.25) is 0 Å². The zero-order valence-corrected chi connectivity index (χ0v) is 28.6. The van der Waals surface area contributed by atoms with Gasteiger partial charge in [0.05, 0.1) is 34.4 Å². The third-order valence-electron chi connectivity index (χ3n) is 6.76. The van der Waals surface area contributed by atoms with Crippen LogP contribution in [0.5, 0.6) is 0 Å². The Labute approximate surface area is 258 Å². The maximum absolute atomic E-state index is 12.1. The fourth-order valence-corrected chi connectivity index (χ4v) is 4.81. The zero-order valence-electron chi connectivity index (χ0n) is 27.7. The van der Waals surface area contributed by atoms with Gasteiger partial charge in [0.1, 0.15) is 19.3 Å². The minimum absolute atomic E-state index is 0.0242. The molecule has 0 saturated heterocycles. The van der Waals surface area contributed by atoms with Crippen molar-refractivity contribution in [2.45, 2.75) is 129 Å². The predicted molar refractivity (Wildman–Crippen MR) is 171 cm³/mol. The van der Waals surface area contributed by atoms with Crippen LogP contribution in [0.15, 0.2) is 24.3 Å². The summed E-state index contributed by atoms with van der Waals surface area (Å²) in [4.78, 5) is 24.2. The van der Waals surface area contributed by atoms with Crippen LogP contribution in [-0.4, -0.2) is 70.7 Å². The summed E-state index contributed by atoms with van der Waals surface area (Å²) in [6.07, 6.45) is 27.2. The summed E-state index contributed by atoms with van der Waals surface area (Å²) in [5.74, 6) is -0.373. The second-order valence-corrected chi connectivity index (χ2v) is 13.6. The molecule has 0 aliphatic rings. The number of phosphoric ester groups is 1. The van der Waals surface area contributed by atoms with E-state index in [0.717, 1.165) is 32.1 Å². The van der Waals surface area contributed by atoms with Crippen LogP contribution in [0.3, 0.4) is 0 Å². The van der Waals surface area contributed by atoms with Crippen molar-refractivity contribution in [1.82, 2.24) is 0 Å². The fourth-order valence-electron chi connectivity index (χ4n) is 4.08. The lowest BCUT2D eigenvalue weighted by Gasteiger charge is -2.28. The first-order chi connectivity index (χ1) is 20.1. The van der Waals surface area contributed by atoms with E-state index < -0.39 is 13.9 Å². The van der Waals surface area contributed by atoms with Gasteiger partial charge in [-0.25, -0.2) is 0 Å². The molecule has 0 heterocycles. The van der Waals surface area contributed by atoms with Crippen molar-refractivity contribution >= 4 is 13.8 Å². The molecule has 0 aliphatic carbocycles. The number of carbonyl (C=O) groups excluding carboxylic acids is 1. The number of quaternary nitrogens is 1. The smallest absolute Gasteiger partial charge is 0.306 e. The first kappa shape index (κ1) is 41.0. The Morgan fingerprint density at radius 2 is 1.31 bits per heavy atom. The SMILES string of the molecule is CCCCC/C=C\C/C=C\CCCCCCCCCCOCC(COP(=O)([O-])OCC[N+](C)(C)C)OC(=O)CCCC. The summed E-state index contributed by atoms with van der Waals surface area (Å²) in [7, 11) is 1.34. The third-order valence-corrected chi connectivity index (χ3v) is 7.72. The molecule has 0 amide bonds. The molecule has 9 heteroatoms. The van der Waals surface area contributed by atoms with E-state index in [1.807, 2.05) is 28.1 Å². The first-order valence-corrected chi connectivity index (χ1v) is 18.0. The van der Waals surface area contributed by atoms with E-state index in [1.54, 1.807) is 0 Å². The highest BCUT2D eigenvalue weighted by Gasteiger charge is 2.20. The van der Waals surface area contributed by atoms with E-state index >= 15 is 0 Å². The molecular formula is C33H64NO7P. The van der Waals surface area contributed by atoms with Crippen molar-refractivity contribution < 1.29 is 37.3 Å². The predicted octanol–water partition coefficient (Wildman–Crippen LogP) is 7.91. The third kappa shape index (κ3) is 30.4. The van der Waals surface area contributed by atoms with E-state index in [4.69, 9.17) is 18.5 Å². The molecule has 0 fully saturated rings. The maximum Gasteiger partial charge on any atom is 0.306 e. The minimum atomic E-state index is -4.49. The highest BCUT2D eigenvalue weighted by molar-refractivity contribution is 7.45. The van der Waals surface area contributed by atoms with Crippen LogP contribution in [-0.2, 0) is 27.9 Å². The van der Waals surface area contributed by atoms with Gasteiger partial charge in [-0.15, -0.1) is 0 Å². The van der Waals surface area contributed by atoms with Crippen LogP contribution in [0.25, 0.3) is 0 Å². The molecule has 0 N–H and O–H groups in total. The van der Waals surface area contributed by atoms with Gasteiger partial charge in [0.15, 0.2) is 0 Å². The monoisotopic (exact) mass is 617 g/mol. The molecule has 0 spiro atoms. The number of carbonyl (C=O) groups is 1. The molecule has 2 atom stereocenters. The average Bonchev–Trinajstić information content (AvgIpc) is 2.92. The summed E-state index contributed by atoms with van der Waals surface area (Å²) in [5, 5.41) is 0. The number of hydrogen-bond donors (Lipinski definition) is 0. The van der Waals surface area contributed by atoms with Gasteiger partial charge in [-0.3, -0.25) is 9.36 Å². The van der Waals surface area contributed by atoms with Gasteiger partial charge in [0.25, 0.3) is 7.82 Å². The number of rotatable bonds is 30. The van der Waals surface area contributed by atoms with Crippen molar-refractivity contribution in [3.63, 3.8) is 0 Å². The van der Waals surface area contributed by atoms with Crippen LogP contribution >= 0.6 is 7.82 Å². The van der Waals surface area contributed by atoms with Crippen molar-refractivity contribution in [2.75, 3.05) is 54.1 Å². The van der Waals surface area contributed by atoms with Crippen molar-refractivity contribution in [3.8, 4) is 0 Å². The van der Waals surface area contributed by atoms with Gasteiger partial charge in [0, 0.05) is 13.0 Å². The van der Waals surface area contributed by atoms with E-state index in [1.165, 1.54) is 70.6 Å². The molecule has 0 aromatic heterocycles. The quantitative estimate of drug-likeness (QED) is 0.0266. The molecule has 0 aliphatic heterocycles. The number of likely N-dealkylation sites (N-methyl/N-ethyl adjacent to an activating group) is 1. The number of esters is 1. The Morgan fingerprint density at radius 1 is 0.738 bits per heavy atom. The summed E-state index contributed by atoms with van der Waals surface area (Å²) < 4.78 is 33.8. The Balaban J connectivity index is 3.98. The van der Waals surface area contributed by atoms with Gasteiger partial charge in [-0.05, 0) is 44.9 Å². The molecular weight excluding hydrogens is 553 g/mol. The largest absolute Gasteiger partial charge is 0.756 e. The van der Waals surface area contributed by atoms with E-state index in [9.17, 15) is 14.3 Å². The maximum atomic E-state index is 12.1. The Hall–Kier alpha value is -1.02. The second kappa shape index (κ2) is 27.5. The van der Waals surface area contributed by atoms with Gasteiger partial charge in [-0.1, -0.05) is 95.9 Å². The molecule has 42 heavy (non-hydrogen) atoms. The highest BCUT2D eigenvalue weighted by atomic mass is 31.2. The number of unbranched alkanes of at least 4 members (excludes halogenated alkanes) is 12. The lowest BCUT2D eigenvalue weighted by molar-refractivity contribution is -0.870. The zero-order chi connectivity index (χ0) is 31.4. The number of nitrogens with zero attached hydrogens (tertiary/aromatic N) is 1. The molecule has 0 bridgehead atoms. The Bertz CT molecular complexity index is 736. The van der Waals surface area contributed by atoms with Crippen molar-refractivity contribution in [1.29, 1.82) is 0 Å². The second-order valence-electron chi connectivity index (χ2n) is 12.2. The summed E-state index contributed by atoms with van der Waals surface area (Å²) in [5.41, 5.74) is 0. The van der Waals surface area contributed by atoms with Crippen LogP contribution in [0, 0.1) is 0 Å². The van der Waals surface area contributed by atoms with Crippen molar-refractivity contribution in [3.05, 3.63) is 24.3 Å². The lowest BCUT2D eigenvalue weighted by Crippen LogP contribution is -2.37. The fraction of sp³-hybridized carbons (Fsp3) is 0.848. The standard InChI is InChI=1S/C33H64NO7P/c1-6-8-10-11-12-13-14-15-16-17-18-19-20-21-22-23-24-25-28-38-30-32(41-33(35)26-9-7-2)31-40-42(36,37)39-29-27-34(3,4)5/h12-13,15-16,32H,6-11,14,17-31H2,1-5H3/b13-12-,16-15-. The first-order valence-electron chi connectivity index (χ1n) is 16.6. The van der Waals surface area contributed by atoms with Gasteiger partial charge >= 0.3 is 5.97 Å². The summed E-state index contributed by atoms with van der Waals surface area (Å²) in [6, 6.07) is 0. The van der Waals surface area contributed by atoms with Crippen LogP contribution in [0.4, 0.5) is 0 Å². The number of hydrogen-bond acceptors (Lipinski definition) is 7. The Morgan fingerprint density at radius 3 is 1.90 bits per heavy atom.